The van der Waals surface area contributed by atoms with Crippen LogP contribution in [-0.2, 0) is 12.7 Å². The molecule has 0 fully saturated rings. The molecule has 1 heterocycles. The first-order valence-corrected chi connectivity index (χ1v) is 4.51. The van der Waals surface area contributed by atoms with Crippen molar-refractivity contribution in [1.82, 2.24) is 4.98 Å². The molecule has 18 heavy (non-hydrogen) atoms. The van der Waals surface area contributed by atoms with Crippen molar-refractivity contribution in [2.45, 2.75) is 19.1 Å². The summed E-state index contributed by atoms with van der Waals surface area (Å²) in [6, 6.07) is 0.472. The summed E-state index contributed by atoms with van der Waals surface area (Å²) in [5.41, 5.74) is 0.369. The number of carboxylic acids is 1. The van der Waals surface area contributed by atoms with Crippen LogP contribution in [-0.4, -0.2) is 16.1 Å². The Morgan fingerprint density at radius 1 is 1.44 bits per heavy atom. The molecular formula is C9H7F5N2O2. The molecule has 0 bridgehead atoms. The number of pyridine rings is 1. The van der Waals surface area contributed by atoms with Gasteiger partial charge in [0.1, 0.15) is 11.4 Å². The minimum absolute atomic E-state index is 0.472. The molecule has 0 aliphatic heterocycles. The zero-order valence-electron chi connectivity index (χ0n) is 8.63. The average molecular weight is 270 g/mol. The molecule has 1 aromatic heterocycles. The van der Waals surface area contributed by atoms with Crippen LogP contribution in [0.25, 0.3) is 0 Å². The number of alkyl halides is 5. The number of carboxylic acid groups (broad SMARTS) is 1. The summed E-state index contributed by atoms with van der Waals surface area (Å²) < 4.78 is 62.4. The first kappa shape index (κ1) is 14.3. The number of nitrogens with zero attached hydrogens (tertiary/aromatic N) is 1. The third kappa shape index (κ3) is 2.73. The van der Waals surface area contributed by atoms with Gasteiger partial charge in [-0.3, -0.25) is 0 Å². The van der Waals surface area contributed by atoms with Gasteiger partial charge in [0.2, 0.25) is 0 Å². The van der Waals surface area contributed by atoms with Gasteiger partial charge in [0, 0.05) is 6.54 Å². The van der Waals surface area contributed by atoms with Crippen molar-refractivity contribution in [2.24, 2.45) is 5.73 Å². The molecule has 0 amide bonds. The molecule has 0 atom stereocenters. The quantitative estimate of drug-likeness (QED) is 0.825. The molecule has 3 N–H and O–H groups in total. The van der Waals surface area contributed by atoms with Crippen LogP contribution in [0.1, 0.15) is 33.7 Å². The van der Waals surface area contributed by atoms with Crippen molar-refractivity contribution >= 4 is 5.97 Å². The fourth-order valence-corrected chi connectivity index (χ4v) is 1.31. The second kappa shape index (κ2) is 4.84. The zero-order valence-corrected chi connectivity index (χ0v) is 8.63. The highest BCUT2D eigenvalue weighted by Gasteiger charge is 2.37. The summed E-state index contributed by atoms with van der Waals surface area (Å²) in [6.45, 7) is -0.661. The average Bonchev–Trinajstić information content (AvgIpc) is 2.25. The molecule has 1 rings (SSSR count). The molecule has 0 spiro atoms. The molecule has 100 valence electrons. The number of carbonyl (C=O) groups is 1. The van der Waals surface area contributed by atoms with E-state index in [4.69, 9.17) is 10.8 Å². The number of hydrogen-bond donors (Lipinski definition) is 2. The van der Waals surface area contributed by atoms with E-state index in [0.29, 0.717) is 6.07 Å². The van der Waals surface area contributed by atoms with Crippen molar-refractivity contribution in [2.75, 3.05) is 0 Å². The largest absolute Gasteiger partial charge is 0.478 e. The highest BCUT2D eigenvalue weighted by atomic mass is 19.4. The van der Waals surface area contributed by atoms with Crippen molar-refractivity contribution in [3.63, 3.8) is 0 Å². The topological polar surface area (TPSA) is 76.2 Å². The first-order valence-electron chi connectivity index (χ1n) is 4.51. The highest BCUT2D eigenvalue weighted by Crippen LogP contribution is 2.33. The SMILES string of the molecule is NCc1cc(C(=O)O)c(C(F)F)nc1C(F)(F)F. The van der Waals surface area contributed by atoms with Gasteiger partial charge in [0.25, 0.3) is 6.43 Å². The van der Waals surface area contributed by atoms with E-state index in [1.807, 2.05) is 0 Å². The van der Waals surface area contributed by atoms with Gasteiger partial charge in [0.05, 0.1) is 5.56 Å². The Labute approximate surface area is 97.2 Å². The lowest BCUT2D eigenvalue weighted by Crippen LogP contribution is -2.19. The van der Waals surface area contributed by atoms with Gasteiger partial charge < -0.3 is 10.8 Å². The predicted molar refractivity (Wildman–Crippen MR) is 49.0 cm³/mol. The van der Waals surface area contributed by atoms with Gasteiger partial charge in [-0.1, -0.05) is 0 Å². The zero-order chi connectivity index (χ0) is 14.1. The maximum absolute atomic E-state index is 12.5. The van der Waals surface area contributed by atoms with Crippen LogP contribution in [0.2, 0.25) is 0 Å². The lowest BCUT2D eigenvalue weighted by molar-refractivity contribution is -0.142. The van der Waals surface area contributed by atoms with Gasteiger partial charge >= 0.3 is 12.1 Å². The van der Waals surface area contributed by atoms with Crippen LogP contribution < -0.4 is 5.73 Å². The van der Waals surface area contributed by atoms with E-state index in [1.165, 1.54) is 0 Å². The van der Waals surface area contributed by atoms with E-state index in [1.54, 1.807) is 0 Å². The Kier molecular flexibility index (Phi) is 3.85. The van der Waals surface area contributed by atoms with Crippen molar-refractivity contribution in [1.29, 1.82) is 0 Å². The second-order valence-corrected chi connectivity index (χ2v) is 3.24. The smallest absolute Gasteiger partial charge is 0.433 e. The van der Waals surface area contributed by atoms with Gasteiger partial charge in [-0.15, -0.1) is 0 Å². The van der Waals surface area contributed by atoms with Crippen LogP contribution in [0.3, 0.4) is 0 Å². The summed E-state index contributed by atoms with van der Waals surface area (Å²) in [5.74, 6) is -1.79. The highest BCUT2D eigenvalue weighted by molar-refractivity contribution is 5.89. The van der Waals surface area contributed by atoms with Crippen LogP contribution in [0.5, 0.6) is 0 Å². The van der Waals surface area contributed by atoms with Crippen LogP contribution in [0.15, 0.2) is 6.07 Å². The Morgan fingerprint density at radius 2 is 2.00 bits per heavy atom. The fraction of sp³-hybridized carbons (Fsp3) is 0.333. The van der Waals surface area contributed by atoms with Crippen LogP contribution in [0.4, 0.5) is 22.0 Å². The monoisotopic (exact) mass is 270 g/mol. The fourth-order valence-electron chi connectivity index (χ4n) is 1.31. The summed E-state index contributed by atoms with van der Waals surface area (Å²) in [4.78, 5) is 13.4. The first-order chi connectivity index (χ1) is 8.18. The molecular weight excluding hydrogens is 263 g/mol. The molecule has 0 radical (unpaired) electrons. The van der Waals surface area contributed by atoms with Gasteiger partial charge in [0.15, 0.2) is 0 Å². The molecule has 0 saturated carbocycles. The molecule has 0 saturated heterocycles. The van der Waals surface area contributed by atoms with E-state index in [0.717, 1.165) is 0 Å². The maximum atomic E-state index is 12.5. The summed E-state index contributed by atoms with van der Waals surface area (Å²) in [6.07, 6.45) is -8.40. The number of aromatic carboxylic acids is 1. The van der Waals surface area contributed by atoms with E-state index >= 15 is 0 Å². The summed E-state index contributed by atoms with van der Waals surface area (Å²) >= 11 is 0. The molecule has 4 nitrogen and oxygen atoms in total. The standard InChI is InChI=1S/C9H7F5N2O2/c10-7(11)5-4(8(17)18)1-3(2-15)6(16-5)9(12,13)14/h1,7H,2,15H2,(H,17,18). The van der Waals surface area contributed by atoms with Crippen LogP contribution in [0, 0.1) is 0 Å². The second-order valence-electron chi connectivity index (χ2n) is 3.24. The number of hydrogen-bond acceptors (Lipinski definition) is 3. The number of aromatic nitrogens is 1. The lowest BCUT2D eigenvalue weighted by atomic mass is 10.1. The summed E-state index contributed by atoms with van der Waals surface area (Å²) in [5, 5.41) is 8.63. The number of rotatable bonds is 3. The predicted octanol–water partition coefficient (Wildman–Crippen LogP) is 2.19. The molecule has 0 aromatic carbocycles. The molecule has 9 heteroatoms. The van der Waals surface area contributed by atoms with Gasteiger partial charge in [-0.25, -0.2) is 18.6 Å². The molecule has 0 aliphatic rings. The number of nitrogens with two attached hydrogens (primary N) is 1. The van der Waals surface area contributed by atoms with Crippen LogP contribution >= 0.6 is 0 Å². The van der Waals surface area contributed by atoms with Gasteiger partial charge in [-0.2, -0.15) is 13.2 Å². The van der Waals surface area contributed by atoms with Gasteiger partial charge in [-0.05, 0) is 11.6 Å². The third-order valence-electron chi connectivity index (χ3n) is 2.06. The molecule has 0 unspecified atom stereocenters. The van der Waals surface area contributed by atoms with E-state index < -0.39 is 47.6 Å². The maximum Gasteiger partial charge on any atom is 0.433 e. The van der Waals surface area contributed by atoms with E-state index in [2.05, 4.69) is 4.98 Å². The molecule has 0 aliphatic carbocycles. The van der Waals surface area contributed by atoms with E-state index in [-0.39, 0.29) is 0 Å². The number of halogens is 5. The molecule has 1 aromatic rings. The Morgan fingerprint density at radius 3 is 2.33 bits per heavy atom. The minimum Gasteiger partial charge on any atom is -0.478 e. The Bertz CT molecular complexity index is 473. The third-order valence-corrected chi connectivity index (χ3v) is 2.06. The Hall–Kier alpha value is -1.77. The van der Waals surface area contributed by atoms with Crippen molar-refractivity contribution in [3.05, 3.63) is 28.6 Å². The van der Waals surface area contributed by atoms with Crippen molar-refractivity contribution < 1.29 is 31.9 Å². The summed E-state index contributed by atoms with van der Waals surface area (Å²) in [7, 11) is 0. The van der Waals surface area contributed by atoms with E-state index in [9.17, 15) is 26.7 Å². The Balaban J connectivity index is 3.57. The lowest BCUT2D eigenvalue weighted by Gasteiger charge is -2.14. The van der Waals surface area contributed by atoms with Crippen molar-refractivity contribution in [3.8, 4) is 0 Å². The normalized spacial score (nSPS) is 11.9. The minimum atomic E-state index is -4.98.